The summed E-state index contributed by atoms with van der Waals surface area (Å²) >= 11 is 0. The fraction of sp³-hybridized carbons (Fsp3) is 0.760. The van der Waals surface area contributed by atoms with Crippen molar-refractivity contribution >= 4 is 0 Å². The molecule has 0 bridgehead atoms. The molecule has 2 aliphatic rings. The number of halogens is 3. The van der Waals surface area contributed by atoms with Crippen LogP contribution in [-0.4, -0.2) is 13.0 Å². The normalized spacial score (nSPS) is 25.8. The van der Waals surface area contributed by atoms with E-state index in [2.05, 4.69) is 11.7 Å². The Hall–Kier alpha value is -1.39. The van der Waals surface area contributed by atoms with Gasteiger partial charge in [-0.1, -0.05) is 58.3 Å². The lowest BCUT2D eigenvalue weighted by Gasteiger charge is -2.43. The van der Waals surface area contributed by atoms with Crippen molar-refractivity contribution in [3.05, 3.63) is 24.3 Å². The molecule has 0 unspecified atom stereocenters. The highest BCUT2D eigenvalue weighted by atomic mass is 19.4. The van der Waals surface area contributed by atoms with Gasteiger partial charge in [-0.05, 0) is 68.2 Å². The molecule has 3 rings (SSSR count). The van der Waals surface area contributed by atoms with Crippen molar-refractivity contribution in [3.63, 3.8) is 0 Å². The molecule has 0 spiro atoms. The number of benzene rings is 1. The highest BCUT2D eigenvalue weighted by Gasteiger charge is 2.38. The van der Waals surface area contributed by atoms with Crippen LogP contribution in [0.5, 0.6) is 11.5 Å². The number of alkyl halides is 3. The van der Waals surface area contributed by atoms with Crippen molar-refractivity contribution in [2.75, 3.05) is 6.61 Å². The summed E-state index contributed by atoms with van der Waals surface area (Å²) in [5.41, 5.74) is 0.210. The molecule has 1 aromatic rings. The van der Waals surface area contributed by atoms with E-state index in [-0.39, 0.29) is 11.2 Å². The second kappa shape index (κ2) is 10.8. The molecule has 0 atom stereocenters. The van der Waals surface area contributed by atoms with Crippen molar-refractivity contribution in [3.8, 4) is 11.5 Å². The molecule has 30 heavy (non-hydrogen) atoms. The van der Waals surface area contributed by atoms with Crippen LogP contribution in [0.3, 0.4) is 0 Å². The summed E-state index contributed by atoms with van der Waals surface area (Å²) in [5.74, 6) is 2.21. The maximum atomic E-state index is 12.3. The summed E-state index contributed by atoms with van der Waals surface area (Å²) in [4.78, 5) is 0. The van der Waals surface area contributed by atoms with Crippen LogP contribution >= 0.6 is 0 Å². The van der Waals surface area contributed by atoms with E-state index in [1.807, 2.05) is 0 Å². The van der Waals surface area contributed by atoms with Crippen LogP contribution in [0.25, 0.3) is 0 Å². The van der Waals surface area contributed by atoms with Crippen LogP contribution in [0.2, 0.25) is 0 Å². The molecule has 0 N–H and O–H groups in total. The Morgan fingerprint density at radius 3 is 2.07 bits per heavy atom. The first kappa shape index (κ1) is 23.3. The Morgan fingerprint density at radius 1 is 0.867 bits per heavy atom. The molecule has 1 aromatic carbocycles. The van der Waals surface area contributed by atoms with Crippen LogP contribution < -0.4 is 9.47 Å². The van der Waals surface area contributed by atoms with Gasteiger partial charge in [0, 0.05) is 5.41 Å². The maximum absolute atomic E-state index is 12.3. The lowest BCUT2D eigenvalue weighted by Crippen LogP contribution is -2.35. The first-order valence-corrected chi connectivity index (χ1v) is 11.9. The Kier molecular flexibility index (Phi) is 8.35. The quantitative estimate of drug-likeness (QED) is 0.370. The fourth-order valence-corrected chi connectivity index (χ4v) is 5.52. The van der Waals surface area contributed by atoms with Gasteiger partial charge in [-0.25, -0.2) is 0 Å². The summed E-state index contributed by atoms with van der Waals surface area (Å²) in [6.45, 7) is 2.89. The monoisotopic (exact) mass is 426 g/mol. The second-order valence-electron chi connectivity index (χ2n) is 9.50. The van der Waals surface area contributed by atoms with Gasteiger partial charge >= 0.3 is 6.36 Å². The lowest BCUT2D eigenvalue weighted by molar-refractivity contribution is -0.274. The summed E-state index contributed by atoms with van der Waals surface area (Å²) in [5, 5.41) is 0. The lowest BCUT2D eigenvalue weighted by atomic mass is 9.64. The summed E-state index contributed by atoms with van der Waals surface area (Å²) < 4.78 is 47.1. The molecule has 2 saturated carbocycles. The number of hydrogen-bond donors (Lipinski definition) is 0. The minimum Gasteiger partial charge on any atom is -0.493 e. The molecule has 170 valence electrons. The zero-order valence-corrected chi connectivity index (χ0v) is 18.3. The van der Waals surface area contributed by atoms with Crippen molar-refractivity contribution in [2.24, 2.45) is 17.3 Å². The minimum absolute atomic E-state index is 0.208. The standard InChI is InChI=1S/C25H37F3O2/c1-2-3-7-16-24(17-14-21(15-18-24)20-8-5-4-6-9-20)19-29-22-10-12-23(13-11-22)30-25(26,27)28/h10-13,20-21H,2-9,14-19H2,1H3. The molecule has 0 amide bonds. The molecule has 0 aromatic heterocycles. The van der Waals surface area contributed by atoms with E-state index in [0.717, 1.165) is 11.8 Å². The number of ether oxygens (including phenoxy) is 2. The SMILES string of the molecule is CCCCCC1(COc2ccc(OC(F)(F)F)cc2)CCC(C2CCCCC2)CC1. The summed E-state index contributed by atoms with van der Waals surface area (Å²) in [7, 11) is 0. The van der Waals surface area contributed by atoms with E-state index in [1.165, 1.54) is 95.6 Å². The molecule has 0 aliphatic heterocycles. The largest absolute Gasteiger partial charge is 0.573 e. The predicted octanol–water partition coefficient (Wildman–Crippen LogP) is 8.30. The van der Waals surface area contributed by atoms with Crippen molar-refractivity contribution in [2.45, 2.75) is 96.8 Å². The van der Waals surface area contributed by atoms with E-state index >= 15 is 0 Å². The van der Waals surface area contributed by atoms with E-state index < -0.39 is 6.36 Å². The number of hydrogen-bond acceptors (Lipinski definition) is 2. The second-order valence-corrected chi connectivity index (χ2v) is 9.50. The first-order chi connectivity index (χ1) is 14.4. The smallest absolute Gasteiger partial charge is 0.493 e. The van der Waals surface area contributed by atoms with Crippen LogP contribution in [0.15, 0.2) is 24.3 Å². The van der Waals surface area contributed by atoms with Crippen LogP contribution in [0, 0.1) is 17.3 Å². The third-order valence-corrected chi connectivity index (χ3v) is 7.32. The van der Waals surface area contributed by atoms with E-state index in [4.69, 9.17) is 4.74 Å². The predicted molar refractivity (Wildman–Crippen MR) is 114 cm³/mol. The maximum Gasteiger partial charge on any atom is 0.573 e. The molecular formula is C25H37F3O2. The van der Waals surface area contributed by atoms with Gasteiger partial charge in [-0.2, -0.15) is 0 Å². The Morgan fingerprint density at radius 2 is 1.47 bits per heavy atom. The van der Waals surface area contributed by atoms with Gasteiger partial charge in [0.25, 0.3) is 0 Å². The summed E-state index contributed by atoms with van der Waals surface area (Å²) in [6.07, 6.45) is 12.3. The Labute approximate surface area is 179 Å². The summed E-state index contributed by atoms with van der Waals surface area (Å²) in [6, 6.07) is 5.81. The molecule has 0 radical (unpaired) electrons. The van der Waals surface area contributed by atoms with Crippen LogP contribution in [0.4, 0.5) is 13.2 Å². The van der Waals surface area contributed by atoms with Gasteiger partial charge < -0.3 is 9.47 Å². The van der Waals surface area contributed by atoms with Crippen molar-refractivity contribution in [1.29, 1.82) is 0 Å². The third kappa shape index (κ3) is 7.09. The highest BCUT2D eigenvalue weighted by Crippen LogP contribution is 2.47. The molecule has 0 heterocycles. The molecule has 2 nitrogen and oxygen atoms in total. The van der Waals surface area contributed by atoms with Crippen LogP contribution in [-0.2, 0) is 0 Å². The van der Waals surface area contributed by atoms with E-state index in [0.29, 0.717) is 12.4 Å². The third-order valence-electron chi connectivity index (χ3n) is 7.32. The van der Waals surface area contributed by atoms with E-state index in [9.17, 15) is 13.2 Å². The van der Waals surface area contributed by atoms with Crippen molar-refractivity contribution < 1.29 is 22.6 Å². The number of unbranched alkanes of at least 4 members (excludes halogenated alkanes) is 2. The Balaban J connectivity index is 1.56. The fourth-order valence-electron chi connectivity index (χ4n) is 5.52. The molecule has 0 saturated heterocycles. The number of rotatable bonds is 9. The topological polar surface area (TPSA) is 18.5 Å². The van der Waals surface area contributed by atoms with Gasteiger partial charge in [0.2, 0.25) is 0 Å². The zero-order chi connectivity index (χ0) is 21.5. The van der Waals surface area contributed by atoms with Gasteiger partial charge in [-0.3, -0.25) is 0 Å². The molecule has 2 fully saturated rings. The molecule has 2 aliphatic carbocycles. The average molecular weight is 427 g/mol. The Bertz CT molecular complexity index is 612. The van der Waals surface area contributed by atoms with E-state index in [1.54, 1.807) is 12.1 Å². The average Bonchev–Trinajstić information content (AvgIpc) is 2.74. The van der Waals surface area contributed by atoms with Gasteiger partial charge in [0.1, 0.15) is 11.5 Å². The van der Waals surface area contributed by atoms with Crippen LogP contribution in [0.1, 0.15) is 90.4 Å². The van der Waals surface area contributed by atoms with Gasteiger partial charge in [0.05, 0.1) is 6.61 Å². The molecule has 5 heteroatoms. The minimum atomic E-state index is -4.66. The van der Waals surface area contributed by atoms with Crippen molar-refractivity contribution in [1.82, 2.24) is 0 Å². The molecular weight excluding hydrogens is 389 g/mol. The zero-order valence-electron chi connectivity index (χ0n) is 18.3. The van der Waals surface area contributed by atoms with Gasteiger partial charge in [0.15, 0.2) is 0 Å². The first-order valence-electron chi connectivity index (χ1n) is 11.9. The van der Waals surface area contributed by atoms with Gasteiger partial charge in [-0.15, -0.1) is 13.2 Å². The highest BCUT2D eigenvalue weighted by molar-refractivity contribution is 5.31.